The van der Waals surface area contributed by atoms with Gasteiger partial charge in [0.05, 0.1) is 6.10 Å². The third kappa shape index (κ3) is 5.32. The molecule has 0 amide bonds. The van der Waals surface area contributed by atoms with Crippen molar-refractivity contribution in [1.29, 1.82) is 0 Å². The van der Waals surface area contributed by atoms with Gasteiger partial charge in [0.2, 0.25) is 0 Å². The zero-order valence-electron chi connectivity index (χ0n) is 17.6. The van der Waals surface area contributed by atoms with Crippen molar-refractivity contribution < 1.29 is 13.2 Å². The Morgan fingerprint density at radius 1 is 0.966 bits per heavy atom. The van der Waals surface area contributed by atoms with Crippen LogP contribution < -0.4 is 4.74 Å². The lowest BCUT2D eigenvalue weighted by Crippen LogP contribution is -2.48. The minimum Gasteiger partial charge on any atom is -0.490 e. The van der Waals surface area contributed by atoms with Crippen LogP contribution in [0.2, 0.25) is 0 Å². The monoisotopic (exact) mass is 421 g/mol. The molecule has 3 fully saturated rings. The Hall–Kier alpha value is -1.15. The lowest BCUT2D eigenvalue weighted by Gasteiger charge is -2.38. The Morgan fingerprint density at radius 2 is 1.59 bits per heavy atom. The lowest BCUT2D eigenvalue weighted by molar-refractivity contribution is 0.0567. The van der Waals surface area contributed by atoms with Gasteiger partial charge in [-0.05, 0) is 75.2 Å². The molecule has 0 radical (unpaired) electrons. The van der Waals surface area contributed by atoms with Crippen LogP contribution in [0.5, 0.6) is 5.75 Å². The Balaban J connectivity index is 1.20. The van der Waals surface area contributed by atoms with Crippen molar-refractivity contribution in [2.75, 3.05) is 39.8 Å². The van der Waals surface area contributed by atoms with Gasteiger partial charge >= 0.3 is 0 Å². The number of rotatable bonds is 8. The lowest BCUT2D eigenvalue weighted by atomic mass is 9.82. The van der Waals surface area contributed by atoms with Crippen LogP contribution in [0.15, 0.2) is 24.3 Å². The number of hydrogen-bond donors (Lipinski definition) is 0. The second kappa shape index (κ2) is 9.33. The summed E-state index contributed by atoms with van der Waals surface area (Å²) in [7, 11) is -1.58. The smallest absolute Gasteiger partial charge is 0.281 e. The molecule has 0 atom stereocenters. The summed E-state index contributed by atoms with van der Waals surface area (Å²) in [4.78, 5) is 2.50. The van der Waals surface area contributed by atoms with Gasteiger partial charge in [-0.15, -0.1) is 0 Å². The summed E-state index contributed by atoms with van der Waals surface area (Å²) in [6, 6.07) is 8.49. The molecule has 1 aliphatic carbocycles. The fraction of sp³-hybridized carbons (Fsp3) is 0.727. The maximum atomic E-state index is 12.7. The molecule has 0 unspecified atom stereocenters. The summed E-state index contributed by atoms with van der Waals surface area (Å²) >= 11 is 0. The first kappa shape index (κ1) is 21.1. The molecule has 1 aromatic rings. The van der Waals surface area contributed by atoms with Crippen molar-refractivity contribution >= 4 is 10.2 Å². The maximum absolute atomic E-state index is 12.7. The fourth-order valence-electron chi connectivity index (χ4n) is 4.74. The highest BCUT2D eigenvalue weighted by Crippen LogP contribution is 2.33. The van der Waals surface area contributed by atoms with Crippen LogP contribution in [0.3, 0.4) is 0 Å². The third-order valence-electron chi connectivity index (χ3n) is 6.57. The predicted octanol–water partition coefficient (Wildman–Crippen LogP) is 3.10. The van der Waals surface area contributed by atoms with Gasteiger partial charge in [-0.25, -0.2) is 0 Å². The van der Waals surface area contributed by atoms with Crippen molar-refractivity contribution in [2.24, 2.45) is 5.92 Å². The van der Waals surface area contributed by atoms with E-state index in [1.807, 2.05) is 0 Å². The Morgan fingerprint density at radius 3 is 2.24 bits per heavy atom. The molecule has 29 heavy (non-hydrogen) atoms. The van der Waals surface area contributed by atoms with Crippen LogP contribution in [0.25, 0.3) is 0 Å². The van der Waals surface area contributed by atoms with Crippen LogP contribution in [0.1, 0.15) is 50.5 Å². The van der Waals surface area contributed by atoms with E-state index in [2.05, 4.69) is 29.2 Å². The Labute approximate surface area is 176 Å². The maximum Gasteiger partial charge on any atom is 0.281 e. The van der Waals surface area contributed by atoms with E-state index in [4.69, 9.17) is 4.74 Å². The van der Waals surface area contributed by atoms with Gasteiger partial charge in [-0.1, -0.05) is 18.6 Å². The standard InChI is InChI=1S/C22H35N3O3S/c1-23(29(26,27)25-13-3-2-4-14-25)17-20-15-22(16-20)28-21-9-7-19(8-10-21)18-24-11-5-6-12-24/h7-10,20,22H,2-6,11-18H2,1H3. The van der Waals surface area contributed by atoms with E-state index >= 15 is 0 Å². The van der Waals surface area contributed by atoms with Gasteiger partial charge in [0.25, 0.3) is 10.2 Å². The molecule has 6 nitrogen and oxygen atoms in total. The predicted molar refractivity (Wildman–Crippen MR) is 115 cm³/mol. The molecule has 3 aliphatic rings. The molecule has 7 heteroatoms. The quantitative estimate of drug-likeness (QED) is 0.647. The average Bonchev–Trinajstić information content (AvgIpc) is 3.21. The van der Waals surface area contributed by atoms with Crippen LogP contribution in [-0.4, -0.2) is 67.8 Å². The first-order valence-corrected chi connectivity index (χ1v) is 12.6. The van der Waals surface area contributed by atoms with E-state index < -0.39 is 10.2 Å². The molecular formula is C22H35N3O3S. The number of nitrogens with zero attached hydrogens (tertiary/aromatic N) is 3. The molecule has 0 N–H and O–H groups in total. The minimum absolute atomic E-state index is 0.204. The van der Waals surface area contributed by atoms with Crippen molar-refractivity contribution in [2.45, 2.75) is 57.6 Å². The normalized spacial score (nSPS) is 26.6. The van der Waals surface area contributed by atoms with Gasteiger partial charge in [0.15, 0.2) is 0 Å². The van der Waals surface area contributed by atoms with Crippen molar-refractivity contribution in [3.8, 4) is 5.75 Å². The molecule has 2 aliphatic heterocycles. The highest BCUT2D eigenvalue weighted by molar-refractivity contribution is 7.86. The Bertz CT molecular complexity index is 750. The molecule has 1 aromatic carbocycles. The summed E-state index contributed by atoms with van der Waals surface area (Å²) in [5, 5.41) is 0. The zero-order valence-corrected chi connectivity index (χ0v) is 18.4. The number of piperidine rings is 1. The van der Waals surface area contributed by atoms with Gasteiger partial charge in [-0.2, -0.15) is 17.0 Å². The molecule has 0 spiro atoms. The number of hydrogen-bond acceptors (Lipinski definition) is 4. The molecular weight excluding hydrogens is 386 g/mol. The van der Waals surface area contributed by atoms with Gasteiger partial charge in [-0.3, -0.25) is 4.90 Å². The van der Waals surface area contributed by atoms with Crippen molar-refractivity contribution in [1.82, 2.24) is 13.5 Å². The second-order valence-electron chi connectivity index (χ2n) is 8.95. The highest BCUT2D eigenvalue weighted by atomic mass is 32.2. The topological polar surface area (TPSA) is 53.1 Å². The summed E-state index contributed by atoms with van der Waals surface area (Å²) in [5.41, 5.74) is 1.34. The van der Waals surface area contributed by atoms with Gasteiger partial charge < -0.3 is 4.74 Å². The number of ether oxygens (including phenoxy) is 1. The Kier molecular flexibility index (Phi) is 6.79. The van der Waals surface area contributed by atoms with Crippen LogP contribution in [0, 0.1) is 5.92 Å². The van der Waals surface area contributed by atoms with Crippen LogP contribution >= 0.6 is 0 Å². The molecule has 0 aromatic heterocycles. The first-order chi connectivity index (χ1) is 14.0. The SMILES string of the molecule is CN(CC1CC(Oc2ccc(CN3CCCC3)cc2)C1)S(=O)(=O)N1CCCCC1. The summed E-state index contributed by atoms with van der Waals surface area (Å²) in [5.74, 6) is 1.31. The van der Waals surface area contributed by atoms with E-state index in [0.29, 0.717) is 25.6 Å². The zero-order chi connectivity index (χ0) is 20.3. The summed E-state index contributed by atoms with van der Waals surface area (Å²) in [6.45, 7) is 5.37. The molecule has 2 heterocycles. The highest BCUT2D eigenvalue weighted by Gasteiger charge is 2.36. The van der Waals surface area contributed by atoms with Crippen LogP contribution in [0.4, 0.5) is 0 Å². The van der Waals surface area contributed by atoms with Crippen LogP contribution in [-0.2, 0) is 16.8 Å². The number of likely N-dealkylation sites (tertiary alicyclic amines) is 1. The van der Waals surface area contributed by atoms with E-state index in [1.165, 1.54) is 31.5 Å². The third-order valence-corrected chi connectivity index (χ3v) is 8.53. The largest absolute Gasteiger partial charge is 0.490 e. The molecule has 4 rings (SSSR count). The van der Waals surface area contributed by atoms with E-state index in [9.17, 15) is 8.42 Å². The second-order valence-corrected chi connectivity index (χ2v) is 11.0. The molecule has 2 saturated heterocycles. The first-order valence-electron chi connectivity index (χ1n) is 11.2. The van der Waals surface area contributed by atoms with E-state index in [1.54, 1.807) is 15.7 Å². The van der Waals surface area contributed by atoms with Crippen molar-refractivity contribution in [3.63, 3.8) is 0 Å². The van der Waals surface area contributed by atoms with Gasteiger partial charge in [0, 0.05) is 33.2 Å². The fourth-order valence-corrected chi connectivity index (χ4v) is 6.25. The summed E-state index contributed by atoms with van der Waals surface area (Å²) < 4.78 is 34.7. The average molecular weight is 422 g/mol. The molecule has 162 valence electrons. The van der Waals surface area contributed by atoms with Gasteiger partial charge in [0.1, 0.15) is 5.75 Å². The molecule has 1 saturated carbocycles. The van der Waals surface area contributed by atoms with E-state index in [0.717, 1.165) is 44.4 Å². The number of benzene rings is 1. The molecule has 0 bridgehead atoms. The summed E-state index contributed by atoms with van der Waals surface area (Å²) in [6.07, 6.45) is 7.78. The van der Waals surface area contributed by atoms with Crippen molar-refractivity contribution in [3.05, 3.63) is 29.8 Å². The minimum atomic E-state index is -3.30. The van der Waals surface area contributed by atoms with E-state index in [-0.39, 0.29) is 6.10 Å².